The van der Waals surface area contributed by atoms with Gasteiger partial charge >= 0.3 is 0 Å². The lowest BCUT2D eigenvalue weighted by Crippen LogP contribution is -2.28. The van der Waals surface area contributed by atoms with Crippen molar-refractivity contribution in [1.82, 2.24) is 0 Å². The second-order valence-corrected chi connectivity index (χ2v) is 19.1. The maximum absolute atomic E-state index is 2.50. The van der Waals surface area contributed by atoms with E-state index in [1.807, 2.05) is 11.3 Å². The second kappa shape index (κ2) is 15.3. The van der Waals surface area contributed by atoms with Gasteiger partial charge in [-0.25, -0.2) is 0 Å². The van der Waals surface area contributed by atoms with Gasteiger partial charge in [-0.05, 0) is 146 Å². The van der Waals surface area contributed by atoms with Gasteiger partial charge in [0.05, 0.1) is 11.1 Å². The highest BCUT2D eigenvalue weighted by Gasteiger charge is 2.54. The summed E-state index contributed by atoms with van der Waals surface area (Å²) < 4.78 is 2.58. The van der Waals surface area contributed by atoms with Crippen LogP contribution in [-0.4, -0.2) is 0 Å². The molecule has 1 unspecified atom stereocenters. The molecule has 318 valence electrons. The van der Waals surface area contributed by atoms with Crippen LogP contribution in [0.1, 0.15) is 22.3 Å². The van der Waals surface area contributed by atoms with Crippen LogP contribution < -0.4 is 9.80 Å². The van der Waals surface area contributed by atoms with Crippen molar-refractivity contribution < 1.29 is 0 Å². The lowest BCUT2D eigenvalue weighted by atomic mass is 9.69. The second-order valence-electron chi connectivity index (χ2n) is 18.0. The van der Waals surface area contributed by atoms with Crippen LogP contribution in [0, 0.1) is 0 Å². The molecule has 1 heterocycles. The topological polar surface area (TPSA) is 6.48 Å². The summed E-state index contributed by atoms with van der Waals surface area (Å²) in [5.41, 5.74) is 18.7. The smallest absolute Gasteiger partial charge is 0.0746 e. The molecule has 2 aliphatic carbocycles. The summed E-state index contributed by atoms with van der Waals surface area (Å²) in [5, 5.41) is 5.04. The summed E-state index contributed by atoms with van der Waals surface area (Å²) in [6.45, 7) is 0. The molecule has 3 heteroatoms. The van der Waals surface area contributed by atoms with Crippen molar-refractivity contribution in [3.05, 3.63) is 277 Å². The summed E-state index contributed by atoms with van der Waals surface area (Å²) >= 11 is 1.86. The van der Waals surface area contributed by atoms with Crippen LogP contribution in [0.25, 0.3) is 64.3 Å². The van der Waals surface area contributed by atoms with Crippen molar-refractivity contribution >= 4 is 76.4 Å². The molecule has 14 rings (SSSR count). The average molecular weight is 883 g/mol. The maximum atomic E-state index is 2.50. The molecule has 68 heavy (non-hydrogen) atoms. The number of nitrogens with zero attached hydrogens (tertiary/aromatic N) is 2. The first-order valence-electron chi connectivity index (χ1n) is 23.4. The zero-order valence-electron chi connectivity index (χ0n) is 37.1. The van der Waals surface area contributed by atoms with Crippen LogP contribution in [0.15, 0.2) is 255 Å². The number of rotatable bonds is 7. The Labute approximate surface area is 399 Å². The molecule has 0 N–H and O–H groups in total. The Balaban J connectivity index is 1.11. The van der Waals surface area contributed by atoms with Gasteiger partial charge < -0.3 is 9.80 Å². The first kappa shape index (κ1) is 38.7. The SMILES string of the molecule is c1ccc(-c2ccc(N(c3cc4c(c(N(c5ccccc5)c5ccccc5)c3)C3(c5ccccc5-c5cc6ccccc6cc53)c3ccccc3-4)c3ccc4sc5ccccc5c4c3)cc2)cc1. The molecule has 1 spiro atoms. The Morgan fingerprint density at radius 2 is 0.824 bits per heavy atom. The molecule has 0 saturated heterocycles. The van der Waals surface area contributed by atoms with E-state index in [4.69, 9.17) is 0 Å². The molecular formula is C65H42N2S. The van der Waals surface area contributed by atoms with E-state index in [1.54, 1.807) is 0 Å². The molecular weight excluding hydrogens is 841 g/mol. The van der Waals surface area contributed by atoms with Crippen LogP contribution in [0.4, 0.5) is 34.1 Å². The van der Waals surface area contributed by atoms with Gasteiger partial charge in [0.15, 0.2) is 0 Å². The largest absolute Gasteiger partial charge is 0.310 e. The molecule has 0 bridgehead atoms. The lowest BCUT2D eigenvalue weighted by Gasteiger charge is -2.37. The molecule has 2 aliphatic rings. The number of thiophene rings is 1. The van der Waals surface area contributed by atoms with Crippen molar-refractivity contribution in [3.63, 3.8) is 0 Å². The van der Waals surface area contributed by atoms with Gasteiger partial charge in [-0.15, -0.1) is 11.3 Å². The third kappa shape index (κ3) is 5.76. The fourth-order valence-electron chi connectivity index (χ4n) is 11.5. The summed E-state index contributed by atoms with van der Waals surface area (Å²) in [4.78, 5) is 4.99. The Morgan fingerprint density at radius 1 is 0.294 bits per heavy atom. The lowest BCUT2D eigenvalue weighted by molar-refractivity contribution is 0.794. The Kier molecular flexibility index (Phi) is 8.71. The summed E-state index contributed by atoms with van der Waals surface area (Å²) in [7, 11) is 0. The number of para-hydroxylation sites is 2. The van der Waals surface area contributed by atoms with Gasteiger partial charge in [-0.3, -0.25) is 0 Å². The molecule has 2 nitrogen and oxygen atoms in total. The minimum Gasteiger partial charge on any atom is -0.310 e. The highest BCUT2D eigenvalue weighted by atomic mass is 32.1. The van der Waals surface area contributed by atoms with E-state index in [0.717, 1.165) is 34.1 Å². The number of benzene rings is 11. The van der Waals surface area contributed by atoms with Gasteiger partial charge in [0.1, 0.15) is 0 Å². The van der Waals surface area contributed by atoms with E-state index in [-0.39, 0.29) is 0 Å². The van der Waals surface area contributed by atoms with Crippen LogP contribution >= 0.6 is 11.3 Å². The molecule has 11 aromatic carbocycles. The van der Waals surface area contributed by atoms with E-state index >= 15 is 0 Å². The summed E-state index contributed by atoms with van der Waals surface area (Å²) in [6, 6.07) is 94.6. The van der Waals surface area contributed by atoms with Crippen LogP contribution in [0.3, 0.4) is 0 Å². The predicted molar refractivity (Wildman–Crippen MR) is 288 cm³/mol. The summed E-state index contributed by atoms with van der Waals surface area (Å²) in [6.07, 6.45) is 0. The minimum absolute atomic E-state index is 0.617. The van der Waals surface area contributed by atoms with Gasteiger partial charge in [-0.2, -0.15) is 0 Å². The molecule has 0 radical (unpaired) electrons. The van der Waals surface area contributed by atoms with Crippen molar-refractivity contribution in [2.24, 2.45) is 0 Å². The maximum Gasteiger partial charge on any atom is 0.0746 e. The van der Waals surface area contributed by atoms with E-state index in [9.17, 15) is 0 Å². The third-order valence-corrected chi connectivity index (χ3v) is 15.5. The predicted octanol–water partition coefficient (Wildman–Crippen LogP) is 18.2. The highest BCUT2D eigenvalue weighted by molar-refractivity contribution is 7.25. The normalized spacial score (nSPS) is 14.2. The van der Waals surface area contributed by atoms with Gasteiger partial charge in [0.2, 0.25) is 0 Å². The van der Waals surface area contributed by atoms with E-state index in [2.05, 4.69) is 265 Å². The minimum atomic E-state index is -0.617. The third-order valence-electron chi connectivity index (χ3n) is 14.4. The quantitative estimate of drug-likeness (QED) is 0.157. The zero-order chi connectivity index (χ0) is 44.8. The summed E-state index contributed by atoms with van der Waals surface area (Å²) in [5.74, 6) is 0. The Bertz CT molecular complexity index is 3870. The van der Waals surface area contributed by atoms with Gasteiger partial charge in [-0.1, -0.05) is 170 Å². The number of hydrogen-bond donors (Lipinski definition) is 0. The fraction of sp³-hybridized carbons (Fsp3) is 0.0154. The van der Waals surface area contributed by atoms with Crippen molar-refractivity contribution in [1.29, 1.82) is 0 Å². The van der Waals surface area contributed by atoms with E-state index in [0.29, 0.717) is 0 Å². The van der Waals surface area contributed by atoms with E-state index in [1.165, 1.54) is 86.6 Å². The molecule has 0 amide bonds. The molecule has 0 saturated carbocycles. The van der Waals surface area contributed by atoms with Crippen molar-refractivity contribution in [3.8, 4) is 33.4 Å². The zero-order valence-corrected chi connectivity index (χ0v) is 37.9. The van der Waals surface area contributed by atoms with Crippen LogP contribution in [-0.2, 0) is 5.41 Å². The Morgan fingerprint density at radius 3 is 1.53 bits per heavy atom. The molecule has 0 aliphatic heterocycles. The van der Waals surface area contributed by atoms with E-state index < -0.39 is 5.41 Å². The van der Waals surface area contributed by atoms with Crippen molar-refractivity contribution in [2.45, 2.75) is 5.41 Å². The monoisotopic (exact) mass is 882 g/mol. The Hall–Kier alpha value is -8.50. The number of fused-ring (bicyclic) bond motifs is 14. The fourth-order valence-corrected chi connectivity index (χ4v) is 12.6. The molecule has 1 atom stereocenters. The van der Waals surface area contributed by atoms with Gasteiger partial charge in [0, 0.05) is 54.2 Å². The first-order chi connectivity index (χ1) is 33.7. The molecule has 1 aromatic heterocycles. The van der Waals surface area contributed by atoms with Crippen LogP contribution in [0.2, 0.25) is 0 Å². The number of anilines is 6. The highest BCUT2D eigenvalue weighted by Crippen LogP contribution is 2.66. The number of hydrogen-bond acceptors (Lipinski definition) is 3. The standard InChI is InChI=1S/C65H42N2S/c1-4-18-43(19-5-1)44-32-34-49(35-33-44)66(50-36-37-63-56(40-50)54-28-14-17-31-62(54)68-63)51-41-57-53-27-13-16-30-59(53)65(58-29-15-12-26-52(58)55-38-45-20-10-11-21-46(45)39-60(55)65)64(57)61(42-51)67(47-22-6-2-7-23-47)48-24-8-3-9-25-48/h1-42H. The molecule has 12 aromatic rings. The first-order valence-corrected chi connectivity index (χ1v) is 24.2. The van der Waals surface area contributed by atoms with Crippen molar-refractivity contribution in [2.75, 3.05) is 9.80 Å². The average Bonchev–Trinajstić information content (AvgIpc) is 4.03. The molecule has 0 fully saturated rings. The van der Waals surface area contributed by atoms with Crippen LogP contribution in [0.5, 0.6) is 0 Å². The van der Waals surface area contributed by atoms with Gasteiger partial charge in [0.25, 0.3) is 0 Å².